The first-order valence-corrected chi connectivity index (χ1v) is 9.19. The van der Waals surface area contributed by atoms with Crippen molar-refractivity contribution in [2.45, 2.75) is 36.5 Å². The monoisotopic (exact) mass is 294 g/mol. The fourth-order valence-corrected chi connectivity index (χ4v) is 5.82. The Morgan fingerprint density at radius 2 is 2.15 bits per heavy atom. The van der Waals surface area contributed by atoms with Crippen LogP contribution in [0.1, 0.15) is 24.8 Å². The van der Waals surface area contributed by atoms with Crippen LogP contribution in [0.2, 0.25) is 0 Å². The Labute approximate surface area is 120 Å². The highest BCUT2D eigenvalue weighted by molar-refractivity contribution is 7.91. The number of benzene rings is 1. The van der Waals surface area contributed by atoms with Crippen molar-refractivity contribution in [3.05, 3.63) is 29.8 Å². The Bertz CT molecular complexity index is 614. The maximum absolute atomic E-state index is 12.2. The maximum atomic E-state index is 12.2. The van der Waals surface area contributed by atoms with E-state index in [-0.39, 0.29) is 5.25 Å². The van der Waals surface area contributed by atoms with Gasteiger partial charge in [-0.3, -0.25) is 0 Å². The van der Waals surface area contributed by atoms with Crippen molar-refractivity contribution >= 4 is 15.5 Å². The third-order valence-corrected chi connectivity index (χ3v) is 6.68. The highest BCUT2D eigenvalue weighted by atomic mass is 32.2. The summed E-state index contributed by atoms with van der Waals surface area (Å²) in [5.41, 5.74) is 8.15. The minimum Gasteiger partial charge on any atom is -0.363 e. The Morgan fingerprint density at radius 1 is 1.40 bits per heavy atom. The smallest absolute Gasteiger partial charge is 0.152 e. The van der Waals surface area contributed by atoms with E-state index in [4.69, 9.17) is 5.73 Å². The van der Waals surface area contributed by atoms with E-state index in [1.165, 1.54) is 17.5 Å². The van der Waals surface area contributed by atoms with Crippen LogP contribution >= 0.6 is 0 Å². The molecule has 1 aliphatic heterocycles. The number of nitrogens with zero attached hydrogens (tertiary/aromatic N) is 1. The highest BCUT2D eigenvalue weighted by Gasteiger charge is 2.52. The molecular formula is C15H22N2O2S. The third kappa shape index (κ3) is 1.95. The van der Waals surface area contributed by atoms with E-state index >= 15 is 0 Å². The number of para-hydroxylation sites is 1. The number of sulfone groups is 1. The summed E-state index contributed by atoms with van der Waals surface area (Å²) in [7, 11) is -3.08. The zero-order chi connectivity index (χ0) is 14.4. The normalized spacial score (nSPS) is 29.7. The molecule has 0 saturated heterocycles. The van der Waals surface area contributed by atoms with Gasteiger partial charge in [0, 0.05) is 25.0 Å². The molecule has 2 atom stereocenters. The zero-order valence-corrected chi connectivity index (χ0v) is 12.7. The zero-order valence-electron chi connectivity index (χ0n) is 11.9. The molecule has 0 bridgehead atoms. The molecule has 5 heteroatoms. The molecule has 1 fully saturated rings. The van der Waals surface area contributed by atoms with Crippen LogP contribution in [0.15, 0.2) is 24.3 Å². The molecule has 0 spiro atoms. The third-order valence-electron chi connectivity index (χ3n) is 4.97. The molecule has 2 unspecified atom stereocenters. The first-order chi connectivity index (χ1) is 9.49. The van der Waals surface area contributed by atoms with Crippen molar-refractivity contribution in [2.24, 2.45) is 5.73 Å². The van der Waals surface area contributed by atoms with Crippen LogP contribution in [0.25, 0.3) is 0 Å². The van der Waals surface area contributed by atoms with Crippen LogP contribution in [-0.4, -0.2) is 38.6 Å². The summed E-state index contributed by atoms with van der Waals surface area (Å²) in [6.45, 7) is 1.28. The number of anilines is 1. The summed E-state index contributed by atoms with van der Waals surface area (Å²) in [6, 6.07) is 8.28. The van der Waals surface area contributed by atoms with E-state index in [9.17, 15) is 8.42 Å². The molecule has 0 aromatic heterocycles. The lowest BCUT2D eigenvalue weighted by atomic mass is 9.94. The summed E-state index contributed by atoms with van der Waals surface area (Å²) in [5, 5.41) is -0.342. The summed E-state index contributed by atoms with van der Waals surface area (Å²) in [4.78, 5) is 2.28. The second-order valence-corrected chi connectivity index (χ2v) is 8.28. The molecule has 1 saturated carbocycles. The number of rotatable bonds is 3. The lowest BCUT2D eigenvalue weighted by molar-refractivity contribution is 0.408. The Balaban J connectivity index is 2.07. The second kappa shape index (κ2) is 4.74. The van der Waals surface area contributed by atoms with Crippen molar-refractivity contribution < 1.29 is 8.42 Å². The highest BCUT2D eigenvalue weighted by Crippen LogP contribution is 2.44. The maximum Gasteiger partial charge on any atom is 0.152 e. The number of nitrogens with two attached hydrogens (primary N) is 1. The lowest BCUT2D eigenvalue weighted by Gasteiger charge is -2.43. The average molecular weight is 294 g/mol. The molecular weight excluding hydrogens is 272 g/mol. The minimum atomic E-state index is -3.08. The van der Waals surface area contributed by atoms with Crippen LogP contribution < -0.4 is 10.6 Å². The van der Waals surface area contributed by atoms with Gasteiger partial charge in [0.2, 0.25) is 0 Å². The van der Waals surface area contributed by atoms with Crippen molar-refractivity contribution in [1.29, 1.82) is 0 Å². The van der Waals surface area contributed by atoms with Crippen molar-refractivity contribution in [3.8, 4) is 0 Å². The molecule has 0 radical (unpaired) electrons. The predicted octanol–water partition coefficient (Wildman–Crippen LogP) is 1.34. The van der Waals surface area contributed by atoms with Gasteiger partial charge in [-0.25, -0.2) is 8.42 Å². The van der Waals surface area contributed by atoms with Crippen LogP contribution in [-0.2, 0) is 16.3 Å². The summed E-state index contributed by atoms with van der Waals surface area (Å²) in [5.74, 6) is 0. The van der Waals surface area contributed by atoms with Gasteiger partial charge in [0.05, 0.1) is 10.8 Å². The van der Waals surface area contributed by atoms with Gasteiger partial charge in [0.15, 0.2) is 9.84 Å². The lowest BCUT2D eigenvalue weighted by Crippen LogP contribution is -2.60. The fourth-order valence-electron chi connectivity index (χ4n) is 4.09. The largest absolute Gasteiger partial charge is 0.363 e. The Hall–Kier alpha value is -1.07. The van der Waals surface area contributed by atoms with E-state index in [1.807, 2.05) is 12.1 Å². The molecule has 2 aliphatic rings. The number of hydrogen-bond donors (Lipinski definition) is 1. The van der Waals surface area contributed by atoms with Crippen molar-refractivity contribution in [2.75, 3.05) is 24.2 Å². The molecule has 4 nitrogen and oxygen atoms in total. The van der Waals surface area contributed by atoms with E-state index in [1.54, 1.807) is 0 Å². The molecule has 3 rings (SSSR count). The van der Waals surface area contributed by atoms with Crippen LogP contribution in [0, 0.1) is 0 Å². The standard InChI is InChI=1S/C15H22N2O2S/c1-20(18,19)14-7-4-9-15(14,11-16)17-10-8-12-5-2-3-6-13(12)17/h2-3,5-6,14H,4,7-11,16H2,1H3. The molecule has 1 aromatic rings. The molecule has 110 valence electrons. The van der Waals surface area contributed by atoms with Gasteiger partial charge in [-0.2, -0.15) is 0 Å². The van der Waals surface area contributed by atoms with Crippen molar-refractivity contribution in [1.82, 2.24) is 0 Å². The SMILES string of the molecule is CS(=O)(=O)C1CCCC1(CN)N1CCc2ccccc21. The van der Waals surface area contributed by atoms with E-state index < -0.39 is 15.4 Å². The summed E-state index contributed by atoms with van der Waals surface area (Å²) < 4.78 is 24.4. The molecule has 20 heavy (non-hydrogen) atoms. The van der Waals surface area contributed by atoms with E-state index in [2.05, 4.69) is 17.0 Å². The topological polar surface area (TPSA) is 63.4 Å². The number of fused-ring (bicyclic) bond motifs is 1. The Kier molecular flexibility index (Phi) is 3.29. The predicted molar refractivity (Wildman–Crippen MR) is 81.8 cm³/mol. The average Bonchev–Trinajstić information content (AvgIpc) is 3.02. The molecule has 1 aromatic carbocycles. The van der Waals surface area contributed by atoms with Crippen LogP contribution in [0.4, 0.5) is 5.69 Å². The first kappa shape index (κ1) is 13.9. The van der Waals surface area contributed by atoms with Gasteiger partial charge in [0.25, 0.3) is 0 Å². The fraction of sp³-hybridized carbons (Fsp3) is 0.600. The van der Waals surface area contributed by atoms with Gasteiger partial charge in [-0.15, -0.1) is 0 Å². The van der Waals surface area contributed by atoms with Gasteiger partial charge in [-0.1, -0.05) is 18.2 Å². The number of hydrogen-bond acceptors (Lipinski definition) is 4. The minimum absolute atomic E-state index is 0.342. The second-order valence-electron chi connectivity index (χ2n) is 6.05. The van der Waals surface area contributed by atoms with Gasteiger partial charge in [-0.05, 0) is 37.3 Å². The first-order valence-electron chi connectivity index (χ1n) is 7.23. The molecule has 0 amide bonds. The molecule has 1 heterocycles. The van der Waals surface area contributed by atoms with Gasteiger partial charge >= 0.3 is 0 Å². The molecule has 2 N–H and O–H groups in total. The van der Waals surface area contributed by atoms with Crippen molar-refractivity contribution in [3.63, 3.8) is 0 Å². The van der Waals surface area contributed by atoms with Crippen LogP contribution in [0.3, 0.4) is 0 Å². The van der Waals surface area contributed by atoms with E-state index in [0.29, 0.717) is 6.54 Å². The summed E-state index contributed by atoms with van der Waals surface area (Å²) in [6.07, 6.45) is 4.88. The van der Waals surface area contributed by atoms with Gasteiger partial charge in [0.1, 0.15) is 0 Å². The van der Waals surface area contributed by atoms with Gasteiger partial charge < -0.3 is 10.6 Å². The Morgan fingerprint density at radius 3 is 2.85 bits per heavy atom. The summed E-state index contributed by atoms with van der Waals surface area (Å²) >= 11 is 0. The van der Waals surface area contributed by atoms with Crippen LogP contribution in [0.5, 0.6) is 0 Å². The van der Waals surface area contributed by atoms with E-state index in [0.717, 1.165) is 32.2 Å². The quantitative estimate of drug-likeness (QED) is 0.914. The molecule has 1 aliphatic carbocycles.